The summed E-state index contributed by atoms with van der Waals surface area (Å²) >= 11 is 0. The number of aliphatic hydroxyl groups excluding tert-OH is 1. The summed E-state index contributed by atoms with van der Waals surface area (Å²) in [7, 11) is 0. The van der Waals surface area contributed by atoms with Crippen molar-refractivity contribution in [3.63, 3.8) is 0 Å². The second-order valence-corrected chi connectivity index (χ2v) is 22.0. The van der Waals surface area contributed by atoms with E-state index in [4.69, 9.17) is 33.2 Å². The van der Waals surface area contributed by atoms with Crippen molar-refractivity contribution in [3.8, 4) is 0 Å². The molecule has 2 aliphatic heterocycles. The molecule has 0 amide bonds. The van der Waals surface area contributed by atoms with E-state index in [0.717, 1.165) is 64.2 Å². The molecular formula is C60H108F2O13. The summed E-state index contributed by atoms with van der Waals surface area (Å²) in [6.07, 6.45) is 32.0. The Bertz CT molecular complexity index is 1420. The van der Waals surface area contributed by atoms with Gasteiger partial charge in [0.1, 0.15) is 12.3 Å². The van der Waals surface area contributed by atoms with Crippen molar-refractivity contribution in [2.75, 3.05) is 13.2 Å². The maximum absolute atomic E-state index is 15.1. The Morgan fingerprint density at radius 3 is 0.987 bits per heavy atom. The van der Waals surface area contributed by atoms with Gasteiger partial charge in [-0.3, -0.25) is 24.0 Å². The van der Waals surface area contributed by atoms with Gasteiger partial charge in [0.15, 0.2) is 18.5 Å². The number of unbranched alkanes of at least 4 members (excludes halogenated alkanes) is 30. The number of alkyl halides is 2. The molecule has 2 rings (SSSR count). The number of esters is 3. The zero-order valence-electron chi connectivity index (χ0n) is 48.1. The van der Waals surface area contributed by atoms with Gasteiger partial charge in [-0.1, -0.05) is 220 Å². The lowest BCUT2D eigenvalue weighted by Gasteiger charge is -2.44. The van der Waals surface area contributed by atoms with Gasteiger partial charge in [0.05, 0.1) is 25.4 Å². The molecular weight excluding hydrogens is 967 g/mol. The minimum Gasteiger partial charge on any atom is -0.468 e. The fraction of sp³-hybridized carbons (Fsp3) is 0.917. The van der Waals surface area contributed by atoms with E-state index in [-0.39, 0.29) is 23.7 Å². The first-order valence-electron chi connectivity index (χ1n) is 30.0. The summed E-state index contributed by atoms with van der Waals surface area (Å²) in [5.74, 6) is -2.14. The molecule has 1 N–H and O–H groups in total. The number of rotatable bonds is 45. The highest BCUT2D eigenvalue weighted by atomic mass is 19.1. The van der Waals surface area contributed by atoms with Crippen LogP contribution in [0.3, 0.4) is 0 Å². The predicted octanol–water partition coefficient (Wildman–Crippen LogP) is 14.7. The molecule has 0 radical (unpaired) electrons. The normalized spacial score (nSPS) is 24.2. The van der Waals surface area contributed by atoms with Crippen LogP contribution in [-0.2, 0) is 57.1 Å². The highest BCUT2D eigenvalue weighted by Gasteiger charge is 2.48. The summed E-state index contributed by atoms with van der Waals surface area (Å²) in [6, 6.07) is 0. The highest BCUT2D eigenvalue weighted by Crippen LogP contribution is 2.38. The van der Waals surface area contributed by atoms with Crippen LogP contribution in [0, 0.1) is 23.7 Å². The number of carbonyl (C=O) groups is 5. The molecule has 15 heteroatoms. The molecule has 0 bridgehead atoms. The molecule has 6 unspecified atom stereocenters. The van der Waals surface area contributed by atoms with Gasteiger partial charge in [-0.2, -0.15) is 0 Å². The molecule has 0 aromatic carbocycles. The Kier molecular flexibility index (Phi) is 43.0. The third-order valence-electron chi connectivity index (χ3n) is 15.6. The van der Waals surface area contributed by atoms with Gasteiger partial charge < -0.3 is 38.3 Å². The van der Waals surface area contributed by atoms with Crippen molar-refractivity contribution in [3.05, 3.63) is 0 Å². The molecule has 75 heavy (non-hydrogen) atoms. The van der Waals surface area contributed by atoms with Gasteiger partial charge in [-0.25, -0.2) is 8.78 Å². The van der Waals surface area contributed by atoms with E-state index in [1.807, 2.05) is 27.7 Å². The maximum atomic E-state index is 15.1. The van der Waals surface area contributed by atoms with E-state index in [9.17, 15) is 33.5 Å². The zero-order valence-corrected chi connectivity index (χ0v) is 48.1. The average Bonchev–Trinajstić information content (AvgIpc) is 3.37. The van der Waals surface area contributed by atoms with Crippen LogP contribution in [0.4, 0.5) is 8.78 Å². The molecule has 0 spiro atoms. The van der Waals surface area contributed by atoms with Crippen LogP contribution in [0.5, 0.6) is 0 Å². The summed E-state index contributed by atoms with van der Waals surface area (Å²) in [4.78, 5) is 54.4. The molecule has 0 aromatic rings. The second-order valence-electron chi connectivity index (χ2n) is 22.0. The molecule has 2 fully saturated rings. The fourth-order valence-electron chi connectivity index (χ4n) is 10.6. The Hall–Kier alpha value is -2.91. The lowest BCUT2D eigenvalue weighted by molar-refractivity contribution is -0.275. The summed E-state index contributed by atoms with van der Waals surface area (Å²) in [6.45, 7) is 13.6. The molecule has 13 nitrogen and oxygen atoms in total. The number of halogens is 2. The van der Waals surface area contributed by atoms with Crippen LogP contribution in [-0.4, -0.2) is 98.5 Å². The Morgan fingerprint density at radius 2 is 0.680 bits per heavy atom. The predicted molar refractivity (Wildman–Crippen MR) is 290 cm³/mol. The first-order chi connectivity index (χ1) is 36.2. The summed E-state index contributed by atoms with van der Waals surface area (Å²) in [5.41, 5.74) is 0. The van der Waals surface area contributed by atoms with E-state index in [1.165, 1.54) is 162 Å². The van der Waals surface area contributed by atoms with E-state index in [0.29, 0.717) is 39.0 Å². The van der Waals surface area contributed by atoms with Crippen molar-refractivity contribution >= 4 is 30.9 Å². The summed E-state index contributed by atoms with van der Waals surface area (Å²) < 4.78 is 66.5. The van der Waals surface area contributed by atoms with Gasteiger partial charge in [-0.05, 0) is 37.5 Å². The maximum Gasteiger partial charge on any atom is 0.305 e. The standard InChI is InChI=1S/C31H55FO7.C29H53FO6/c1-24-25(2)30(37-26(3)34)31(38-27(4)35)39-29(24)28(32)21-19-17-15-13-11-9-7-5-6-8-10-12-14-16-18-20-22-36-23-33;1-23-24(2)28(35-25(3)32)29(33)36-27(23)26(30)20-18-16-14-12-10-8-6-4-5-7-9-11-13-15-17-19-21-34-22-31/h23-25,28-31H,5-22H2,1-4H3;22-24,26-29,33H,4-21H2,1-3H3/t24-,25-,28-,29?,30?,31?;23-,24-,26-,27?,28?,29?/m00/s1. The Morgan fingerprint density at radius 1 is 0.413 bits per heavy atom. The van der Waals surface area contributed by atoms with Crippen LogP contribution in [0.1, 0.15) is 267 Å². The Labute approximate surface area is 453 Å². The number of carbonyl (C=O) groups excluding carboxylic acids is 5. The lowest BCUT2D eigenvalue weighted by atomic mass is 9.81. The Balaban J connectivity index is 0.000000752. The van der Waals surface area contributed by atoms with Crippen LogP contribution in [0.2, 0.25) is 0 Å². The second kappa shape index (κ2) is 46.0. The molecule has 0 aliphatic carbocycles. The van der Waals surface area contributed by atoms with Gasteiger partial charge in [0.2, 0.25) is 6.29 Å². The fourth-order valence-corrected chi connectivity index (χ4v) is 10.6. The largest absolute Gasteiger partial charge is 0.468 e. The first-order valence-corrected chi connectivity index (χ1v) is 30.0. The minimum atomic E-state index is -1.27. The van der Waals surface area contributed by atoms with E-state index in [1.54, 1.807) is 0 Å². The van der Waals surface area contributed by atoms with Gasteiger partial charge in [0.25, 0.3) is 12.9 Å². The molecule has 2 saturated heterocycles. The quantitative estimate of drug-likeness (QED) is 0.0265. The zero-order chi connectivity index (χ0) is 55.5. The van der Waals surface area contributed by atoms with Crippen LogP contribution in [0.15, 0.2) is 0 Å². The van der Waals surface area contributed by atoms with E-state index in [2.05, 4.69) is 0 Å². The molecule has 12 atom stereocenters. The van der Waals surface area contributed by atoms with Crippen molar-refractivity contribution in [2.24, 2.45) is 23.7 Å². The number of hydrogen-bond acceptors (Lipinski definition) is 13. The SMILES string of the molecule is CC(=O)OC1C(O)OC([C@@H](F)CCCCCCCCCCCCCCCCCCOC=O)[C@@H](C)[C@@H]1C.CC(=O)OC1OC([C@@H](F)CCCCCCCCCCCCCCCCCCOC=O)[C@@H](C)[C@H](C)C1OC(C)=O. The molecule has 2 heterocycles. The van der Waals surface area contributed by atoms with Crippen LogP contribution < -0.4 is 0 Å². The monoisotopic (exact) mass is 1070 g/mol. The molecule has 2 aliphatic rings. The van der Waals surface area contributed by atoms with Crippen molar-refractivity contribution in [2.45, 2.75) is 316 Å². The van der Waals surface area contributed by atoms with Gasteiger partial charge in [0, 0.05) is 32.6 Å². The van der Waals surface area contributed by atoms with E-state index < -0.39 is 67.2 Å². The van der Waals surface area contributed by atoms with Crippen molar-refractivity contribution in [1.82, 2.24) is 0 Å². The highest BCUT2D eigenvalue weighted by molar-refractivity contribution is 5.67. The molecule has 440 valence electrons. The summed E-state index contributed by atoms with van der Waals surface area (Å²) in [5, 5.41) is 10.2. The topological polar surface area (TPSA) is 170 Å². The third-order valence-corrected chi connectivity index (χ3v) is 15.6. The lowest BCUT2D eigenvalue weighted by Crippen LogP contribution is -2.54. The third kappa shape index (κ3) is 34.6. The van der Waals surface area contributed by atoms with Gasteiger partial charge >= 0.3 is 17.9 Å². The molecule has 0 aromatic heterocycles. The van der Waals surface area contributed by atoms with Gasteiger partial charge in [-0.15, -0.1) is 0 Å². The van der Waals surface area contributed by atoms with Crippen LogP contribution in [0.25, 0.3) is 0 Å². The molecule has 0 saturated carbocycles. The van der Waals surface area contributed by atoms with Crippen LogP contribution >= 0.6 is 0 Å². The minimum absolute atomic E-state index is 0.131. The average molecular weight is 1080 g/mol. The van der Waals surface area contributed by atoms with Crippen molar-refractivity contribution in [1.29, 1.82) is 0 Å². The number of hydrogen-bond donors (Lipinski definition) is 1. The smallest absolute Gasteiger partial charge is 0.305 e. The number of aliphatic hydroxyl groups is 1. The number of ether oxygens (including phenoxy) is 7. The van der Waals surface area contributed by atoms with Crippen molar-refractivity contribution < 1.29 is 71.0 Å². The first kappa shape index (κ1) is 70.1. The van der Waals surface area contributed by atoms with E-state index >= 15 is 4.39 Å².